The number of hydrogen-bond acceptors (Lipinski definition) is 0. The van der Waals surface area contributed by atoms with Gasteiger partial charge < -0.3 is 0 Å². The minimum Gasteiger partial charge on any atom is -0.0654 e. The quantitative estimate of drug-likeness (QED) is 0.596. The topological polar surface area (TPSA) is 0 Å². The van der Waals surface area contributed by atoms with Crippen LogP contribution in [-0.4, -0.2) is 0 Å². The monoisotopic (exact) mass is 268 g/mol. The molecule has 0 fully saturated rings. The van der Waals surface area contributed by atoms with Crippen LogP contribution in [0.25, 0.3) is 0 Å². The van der Waals surface area contributed by atoms with Crippen LogP contribution in [-0.2, 0) is 0 Å². The highest BCUT2D eigenvalue weighted by Gasteiger charge is 2.08. The molecule has 0 nitrogen and oxygen atoms in total. The molecule has 0 aliphatic carbocycles. The van der Waals surface area contributed by atoms with Gasteiger partial charge in [-0.3, -0.25) is 0 Å². The third-order valence-electron chi connectivity index (χ3n) is 2.99. The number of rotatable bonds is 6. The molecule has 1 aromatic carbocycles. The van der Waals surface area contributed by atoms with Gasteiger partial charge in [-0.1, -0.05) is 61.2 Å². The molecule has 84 valence electrons. The molecule has 0 amide bonds. The Labute approximate surface area is 102 Å². The van der Waals surface area contributed by atoms with Crippen molar-refractivity contribution in [2.45, 2.75) is 51.9 Å². The van der Waals surface area contributed by atoms with Crippen molar-refractivity contribution in [3.8, 4) is 0 Å². The molecule has 0 heterocycles. The molecule has 0 saturated heterocycles. The molecule has 0 aliphatic heterocycles. The third-order valence-corrected chi connectivity index (χ3v) is 3.52. The van der Waals surface area contributed by atoms with E-state index in [1.54, 1.807) is 0 Å². The van der Waals surface area contributed by atoms with Crippen molar-refractivity contribution in [3.63, 3.8) is 0 Å². The van der Waals surface area contributed by atoms with Gasteiger partial charge in [0.1, 0.15) is 0 Å². The van der Waals surface area contributed by atoms with Gasteiger partial charge in [-0.05, 0) is 36.5 Å². The van der Waals surface area contributed by atoms with E-state index >= 15 is 0 Å². The summed E-state index contributed by atoms with van der Waals surface area (Å²) in [7, 11) is 0. The molecular formula is C14H21Br. The van der Waals surface area contributed by atoms with Gasteiger partial charge in [0, 0.05) is 4.47 Å². The summed E-state index contributed by atoms with van der Waals surface area (Å²) in [4.78, 5) is 0. The molecule has 0 radical (unpaired) electrons. The third kappa shape index (κ3) is 4.38. The second-order valence-electron chi connectivity index (χ2n) is 4.15. The van der Waals surface area contributed by atoms with E-state index in [0.717, 1.165) is 5.92 Å². The molecule has 1 unspecified atom stereocenters. The molecule has 0 spiro atoms. The predicted octanol–water partition coefficient (Wildman–Crippen LogP) is 5.52. The van der Waals surface area contributed by atoms with E-state index in [1.807, 2.05) is 0 Å². The Bertz CT molecular complexity index is 263. The lowest BCUT2D eigenvalue weighted by Crippen LogP contribution is -1.97. The van der Waals surface area contributed by atoms with E-state index in [4.69, 9.17) is 0 Å². The minimum atomic E-state index is 0.754. The molecule has 1 atom stereocenters. The summed E-state index contributed by atoms with van der Waals surface area (Å²) in [5, 5.41) is 0. The zero-order valence-electron chi connectivity index (χ0n) is 9.80. The zero-order valence-corrected chi connectivity index (χ0v) is 11.4. The Hall–Kier alpha value is -0.300. The number of hydrogen-bond donors (Lipinski definition) is 0. The van der Waals surface area contributed by atoms with E-state index in [2.05, 4.69) is 54.0 Å². The van der Waals surface area contributed by atoms with Crippen LogP contribution in [0.2, 0.25) is 0 Å². The van der Waals surface area contributed by atoms with Crippen molar-refractivity contribution >= 4 is 15.9 Å². The predicted molar refractivity (Wildman–Crippen MR) is 71.3 cm³/mol. The number of benzene rings is 1. The van der Waals surface area contributed by atoms with Gasteiger partial charge in [0.05, 0.1) is 0 Å². The maximum absolute atomic E-state index is 3.48. The Morgan fingerprint density at radius 2 is 1.73 bits per heavy atom. The lowest BCUT2D eigenvalue weighted by Gasteiger charge is -2.15. The number of unbranched alkanes of at least 4 members (excludes halogenated alkanes) is 2. The normalized spacial score (nSPS) is 12.7. The average Bonchev–Trinajstić information content (AvgIpc) is 2.26. The van der Waals surface area contributed by atoms with Crippen LogP contribution in [0.4, 0.5) is 0 Å². The molecular weight excluding hydrogens is 248 g/mol. The van der Waals surface area contributed by atoms with E-state index in [1.165, 1.54) is 42.1 Å². The van der Waals surface area contributed by atoms with Crippen LogP contribution in [0.5, 0.6) is 0 Å². The maximum Gasteiger partial charge on any atom is 0.0175 e. The van der Waals surface area contributed by atoms with E-state index in [-0.39, 0.29) is 0 Å². The highest BCUT2D eigenvalue weighted by Crippen LogP contribution is 2.26. The van der Waals surface area contributed by atoms with Crippen molar-refractivity contribution in [1.82, 2.24) is 0 Å². The van der Waals surface area contributed by atoms with Gasteiger partial charge in [0.2, 0.25) is 0 Å². The first-order valence-corrected chi connectivity index (χ1v) is 6.82. The fourth-order valence-electron chi connectivity index (χ4n) is 1.98. The van der Waals surface area contributed by atoms with Gasteiger partial charge >= 0.3 is 0 Å². The first-order valence-electron chi connectivity index (χ1n) is 6.03. The molecule has 1 rings (SSSR count). The molecule has 0 bridgehead atoms. The van der Waals surface area contributed by atoms with Gasteiger partial charge in [0.15, 0.2) is 0 Å². The van der Waals surface area contributed by atoms with Gasteiger partial charge in [-0.15, -0.1) is 0 Å². The molecule has 1 aromatic rings. The molecule has 1 heteroatoms. The van der Waals surface area contributed by atoms with E-state index in [0.29, 0.717) is 0 Å². The average molecular weight is 269 g/mol. The van der Waals surface area contributed by atoms with Crippen molar-refractivity contribution in [2.75, 3.05) is 0 Å². The van der Waals surface area contributed by atoms with Crippen LogP contribution in [0.1, 0.15) is 57.4 Å². The fourth-order valence-corrected chi connectivity index (χ4v) is 2.25. The largest absolute Gasteiger partial charge is 0.0654 e. The van der Waals surface area contributed by atoms with Crippen molar-refractivity contribution < 1.29 is 0 Å². The highest BCUT2D eigenvalue weighted by atomic mass is 79.9. The second kappa shape index (κ2) is 7.05. The molecule has 0 saturated carbocycles. The smallest absolute Gasteiger partial charge is 0.0175 e. The molecule has 15 heavy (non-hydrogen) atoms. The SMILES string of the molecule is CCCCCC(CC)c1ccc(Br)cc1. The Morgan fingerprint density at radius 3 is 2.27 bits per heavy atom. The molecule has 0 aliphatic rings. The summed E-state index contributed by atoms with van der Waals surface area (Å²) in [6.45, 7) is 4.55. The highest BCUT2D eigenvalue weighted by molar-refractivity contribution is 9.10. The van der Waals surface area contributed by atoms with Crippen LogP contribution < -0.4 is 0 Å². The summed E-state index contributed by atoms with van der Waals surface area (Å²) in [6.07, 6.45) is 6.65. The molecule has 0 N–H and O–H groups in total. The molecule has 0 aromatic heterocycles. The summed E-state index contributed by atoms with van der Waals surface area (Å²) in [6, 6.07) is 8.81. The lowest BCUT2D eigenvalue weighted by atomic mass is 9.91. The Kier molecular flexibility index (Phi) is 6.00. The van der Waals surface area contributed by atoms with Gasteiger partial charge in [-0.25, -0.2) is 0 Å². The Morgan fingerprint density at radius 1 is 1.07 bits per heavy atom. The summed E-state index contributed by atoms with van der Waals surface area (Å²) in [5.41, 5.74) is 1.50. The van der Waals surface area contributed by atoms with Crippen LogP contribution in [0, 0.1) is 0 Å². The first-order chi connectivity index (χ1) is 7.27. The summed E-state index contributed by atoms with van der Waals surface area (Å²) < 4.78 is 1.18. The second-order valence-corrected chi connectivity index (χ2v) is 5.07. The van der Waals surface area contributed by atoms with Crippen molar-refractivity contribution in [1.29, 1.82) is 0 Å². The van der Waals surface area contributed by atoms with E-state index in [9.17, 15) is 0 Å². The van der Waals surface area contributed by atoms with Crippen LogP contribution >= 0.6 is 15.9 Å². The summed E-state index contributed by atoms with van der Waals surface area (Å²) >= 11 is 3.48. The summed E-state index contributed by atoms with van der Waals surface area (Å²) in [5.74, 6) is 0.754. The first kappa shape index (κ1) is 12.8. The van der Waals surface area contributed by atoms with Gasteiger partial charge in [0.25, 0.3) is 0 Å². The zero-order chi connectivity index (χ0) is 11.1. The Balaban J connectivity index is 2.53. The van der Waals surface area contributed by atoms with Crippen LogP contribution in [0.15, 0.2) is 28.7 Å². The maximum atomic E-state index is 3.48. The van der Waals surface area contributed by atoms with Crippen LogP contribution in [0.3, 0.4) is 0 Å². The lowest BCUT2D eigenvalue weighted by molar-refractivity contribution is 0.553. The van der Waals surface area contributed by atoms with Crippen molar-refractivity contribution in [2.24, 2.45) is 0 Å². The van der Waals surface area contributed by atoms with E-state index < -0.39 is 0 Å². The fraction of sp³-hybridized carbons (Fsp3) is 0.571. The van der Waals surface area contributed by atoms with Crippen molar-refractivity contribution in [3.05, 3.63) is 34.3 Å². The number of halogens is 1. The standard InChI is InChI=1S/C14H21Br/c1-3-5-6-7-12(4-2)13-8-10-14(15)11-9-13/h8-12H,3-7H2,1-2H3. The minimum absolute atomic E-state index is 0.754. The van der Waals surface area contributed by atoms with Gasteiger partial charge in [-0.2, -0.15) is 0 Å².